The lowest BCUT2D eigenvalue weighted by molar-refractivity contribution is -0.143. The van der Waals surface area contributed by atoms with E-state index in [1.54, 1.807) is 11.3 Å². The molecule has 136 valence electrons. The fraction of sp³-hybridized carbons (Fsp3) is 0.556. The van der Waals surface area contributed by atoms with Crippen LogP contribution in [0.4, 0.5) is 0 Å². The van der Waals surface area contributed by atoms with Crippen LogP contribution >= 0.6 is 11.3 Å². The van der Waals surface area contributed by atoms with Crippen molar-refractivity contribution in [2.75, 3.05) is 6.54 Å². The van der Waals surface area contributed by atoms with E-state index in [4.69, 9.17) is 0 Å². The summed E-state index contributed by atoms with van der Waals surface area (Å²) in [5, 5.41) is 9.22. The van der Waals surface area contributed by atoms with Gasteiger partial charge >= 0.3 is 0 Å². The lowest BCUT2D eigenvalue weighted by Crippen LogP contribution is -2.44. The third-order valence-electron chi connectivity index (χ3n) is 4.51. The Bertz CT molecular complexity index is 640. The van der Waals surface area contributed by atoms with E-state index >= 15 is 0 Å². The fourth-order valence-corrected chi connectivity index (χ4v) is 3.61. The molecule has 2 heterocycles. The lowest BCUT2D eigenvalue weighted by Gasteiger charge is -2.24. The molecule has 0 radical (unpaired) electrons. The molecule has 0 aromatic carbocycles. The van der Waals surface area contributed by atoms with Gasteiger partial charge in [0.15, 0.2) is 0 Å². The first-order chi connectivity index (χ1) is 11.9. The Morgan fingerprint density at radius 2 is 2.12 bits per heavy atom. The molecule has 1 saturated heterocycles. The van der Waals surface area contributed by atoms with Crippen molar-refractivity contribution in [3.05, 3.63) is 22.4 Å². The molecule has 1 aliphatic heterocycles. The van der Waals surface area contributed by atoms with Crippen molar-refractivity contribution in [1.82, 2.24) is 10.6 Å². The highest BCUT2D eigenvalue weighted by Gasteiger charge is 2.34. The third kappa shape index (κ3) is 5.49. The van der Waals surface area contributed by atoms with Crippen LogP contribution in [0.1, 0.15) is 38.7 Å². The van der Waals surface area contributed by atoms with Crippen LogP contribution in [0.15, 0.2) is 16.8 Å². The largest absolute Gasteiger partial charge is 0.352 e. The first kappa shape index (κ1) is 19.3. The molecule has 25 heavy (non-hydrogen) atoms. The Balaban J connectivity index is 1.90. The van der Waals surface area contributed by atoms with Crippen molar-refractivity contribution < 1.29 is 19.2 Å². The number of nitrogens with one attached hydrogen (secondary N) is 2. The van der Waals surface area contributed by atoms with Gasteiger partial charge in [-0.3, -0.25) is 19.2 Å². The van der Waals surface area contributed by atoms with Gasteiger partial charge in [-0.2, -0.15) is 11.3 Å². The molecule has 2 atom stereocenters. The second kappa shape index (κ2) is 8.89. The smallest absolute Gasteiger partial charge is 0.287 e. The predicted octanol–water partition coefficient (Wildman–Crippen LogP) is 1.69. The molecule has 1 fully saturated rings. The first-order valence-electron chi connectivity index (χ1n) is 8.51. The van der Waals surface area contributed by atoms with Crippen molar-refractivity contribution >= 4 is 34.7 Å². The van der Waals surface area contributed by atoms with Crippen molar-refractivity contribution in [3.8, 4) is 0 Å². The number of Topliss-reactive ketones (excluding diaryl/α,β-unsaturated/α-hetero) is 2. The van der Waals surface area contributed by atoms with Gasteiger partial charge in [0.2, 0.25) is 11.7 Å². The zero-order valence-electron chi connectivity index (χ0n) is 14.5. The molecule has 1 aromatic rings. The normalized spacial score (nSPS) is 18.8. The number of amides is 2. The van der Waals surface area contributed by atoms with Crippen molar-refractivity contribution in [2.45, 2.75) is 39.7 Å². The lowest BCUT2D eigenvalue weighted by atomic mass is 9.81. The Morgan fingerprint density at radius 3 is 2.76 bits per heavy atom. The highest BCUT2D eigenvalue weighted by molar-refractivity contribution is 7.07. The summed E-state index contributed by atoms with van der Waals surface area (Å²) in [4.78, 5) is 48.1. The van der Waals surface area contributed by atoms with Gasteiger partial charge in [0, 0.05) is 37.8 Å². The van der Waals surface area contributed by atoms with Crippen LogP contribution in [-0.2, 0) is 25.7 Å². The van der Waals surface area contributed by atoms with Crippen molar-refractivity contribution in [2.24, 2.45) is 17.8 Å². The molecule has 7 heteroatoms. The molecule has 0 aliphatic carbocycles. The Morgan fingerprint density at radius 1 is 1.36 bits per heavy atom. The average Bonchev–Trinajstić information content (AvgIpc) is 3.08. The molecule has 1 aromatic heterocycles. The third-order valence-corrected chi connectivity index (χ3v) is 5.25. The summed E-state index contributed by atoms with van der Waals surface area (Å²) in [5.41, 5.74) is 1.03. The minimum absolute atomic E-state index is 0.00748. The minimum Gasteiger partial charge on any atom is -0.352 e. The highest BCUT2D eigenvalue weighted by atomic mass is 32.1. The van der Waals surface area contributed by atoms with Crippen LogP contribution in [0.25, 0.3) is 0 Å². The number of ketones is 2. The van der Waals surface area contributed by atoms with E-state index in [0.717, 1.165) is 5.56 Å². The van der Waals surface area contributed by atoms with Crippen LogP contribution in [0.2, 0.25) is 0 Å². The van der Waals surface area contributed by atoms with E-state index < -0.39 is 23.5 Å². The fourth-order valence-electron chi connectivity index (χ4n) is 2.94. The standard InChI is InChI=1S/C18H24N2O4S/c1-11(2)14(8-16(22)20-9-12-4-6-25-10-12)15(21)7-13-3-5-19-18(24)17(13)23/h4,6,10-11,13-14H,3,5,7-9H2,1-2H3,(H,19,24)(H,20,22). The van der Waals surface area contributed by atoms with E-state index in [1.165, 1.54) is 0 Å². The molecular weight excluding hydrogens is 340 g/mol. The molecule has 2 amide bonds. The summed E-state index contributed by atoms with van der Waals surface area (Å²) >= 11 is 1.56. The number of carbonyl (C=O) groups is 4. The number of thiophene rings is 1. The molecule has 0 saturated carbocycles. The minimum atomic E-state index is -0.612. The first-order valence-corrected chi connectivity index (χ1v) is 9.45. The quantitative estimate of drug-likeness (QED) is 0.687. The summed E-state index contributed by atoms with van der Waals surface area (Å²) < 4.78 is 0. The topological polar surface area (TPSA) is 92.3 Å². The van der Waals surface area contributed by atoms with Gasteiger partial charge < -0.3 is 10.6 Å². The molecule has 1 aliphatic rings. The van der Waals surface area contributed by atoms with Gasteiger partial charge in [-0.15, -0.1) is 0 Å². The van der Waals surface area contributed by atoms with E-state index in [-0.39, 0.29) is 30.4 Å². The molecular formula is C18H24N2O4S. The summed E-state index contributed by atoms with van der Waals surface area (Å²) in [6, 6.07) is 1.94. The maximum Gasteiger partial charge on any atom is 0.287 e. The number of carbonyl (C=O) groups excluding carboxylic acids is 4. The van der Waals surface area contributed by atoms with E-state index in [0.29, 0.717) is 19.5 Å². The van der Waals surface area contributed by atoms with E-state index in [2.05, 4.69) is 10.6 Å². The summed E-state index contributed by atoms with van der Waals surface area (Å²) in [6.07, 6.45) is 0.617. The monoisotopic (exact) mass is 364 g/mol. The van der Waals surface area contributed by atoms with Gasteiger partial charge in [0.1, 0.15) is 5.78 Å². The van der Waals surface area contributed by atoms with Crippen molar-refractivity contribution in [1.29, 1.82) is 0 Å². The van der Waals surface area contributed by atoms with Crippen LogP contribution < -0.4 is 10.6 Å². The number of hydrogen-bond donors (Lipinski definition) is 2. The molecule has 0 bridgehead atoms. The molecule has 2 unspecified atom stereocenters. The second-order valence-electron chi connectivity index (χ2n) is 6.74. The highest BCUT2D eigenvalue weighted by Crippen LogP contribution is 2.23. The SMILES string of the molecule is CC(C)C(CC(=O)NCc1ccsc1)C(=O)CC1CCNC(=O)C1=O. The molecule has 6 nitrogen and oxygen atoms in total. The Hall–Kier alpha value is -2.02. The average molecular weight is 364 g/mol. The predicted molar refractivity (Wildman–Crippen MR) is 94.9 cm³/mol. The maximum atomic E-state index is 12.6. The van der Waals surface area contributed by atoms with Gasteiger partial charge in [-0.1, -0.05) is 13.8 Å². The van der Waals surface area contributed by atoms with Gasteiger partial charge in [0.25, 0.3) is 5.91 Å². The summed E-state index contributed by atoms with van der Waals surface area (Å²) in [5.74, 6) is -2.44. The molecule has 2 rings (SSSR count). The Kier molecular flexibility index (Phi) is 6.87. The summed E-state index contributed by atoms with van der Waals surface area (Å²) in [6.45, 7) is 4.65. The maximum absolute atomic E-state index is 12.6. The zero-order valence-corrected chi connectivity index (χ0v) is 15.4. The van der Waals surface area contributed by atoms with Crippen LogP contribution in [0.3, 0.4) is 0 Å². The van der Waals surface area contributed by atoms with E-state index in [9.17, 15) is 19.2 Å². The number of hydrogen-bond acceptors (Lipinski definition) is 5. The van der Waals surface area contributed by atoms with Gasteiger partial charge in [-0.05, 0) is 34.7 Å². The molecule has 2 N–H and O–H groups in total. The van der Waals surface area contributed by atoms with Crippen LogP contribution in [-0.4, -0.2) is 29.9 Å². The number of piperidine rings is 1. The van der Waals surface area contributed by atoms with Crippen LogP contribution in [0, 0.1) is 17.8 Å². The second-order valence-corrected chi connectivity index (χ2v) is 7.52. The van der Waals surface area contributed by atoms with Crippen molar-refractivity contribution in [3.63, 3.8) is 0 Å². The van der Waals surface area contributed by atoms with Gasteiger partial charge in [0.05, 0.1) is 0 Å². The van der Waals surface area contributed by atoms with Crippen LogP contribution in [0.5, 0.6) is 0 Å². The molecule has 0 spiro atoms. The van der Waals surface area contributed by atoms with Gasteiger partial charge in [-0.25, -0.2) is 0 Å². The van der Waals surface area contributed by atoms with E-state index in [1.807, 2.05) is 30.7 Å². The zero-order chi connectivity index (χ0) is 18.4. The summed E-state index contributed by atoms with van der Waals surface area (Å²) in [7, 11) is 0. The number of rotatable bonds is 8. The Labute approximate surface area is 151 Å².